The summed E-state index contributed by atoms with van der Waals surface area (Å²) in [5, 5.41) is 0. The quantitative estimate of drug-likeness (QED) is 0.721. The Morgan fingerprint density at radius 1 is 0.875 bits per heavy atom. The van der Waals surface area contributed by atoms with Crippen molar-refractivity contribution in [2.45, 2.75) is 25.7 Å². The molecular formula is C9H19N2O3PS. The molecular weight excluding hydrogens is 247 g/mol. The second-order valence-electron chi connectivity index (χ2n) is 4.55. The summed E-state index contributed by atoms with van der Waals surface area (Å²) in [5.74, 6) is 0. The standard InChI is InChI=1S/C9H19N2O3PS/c1-16(13,14)15(12,10-6-2-3-7-10)11-8-4-5-9-11/h2-9H2,1H3. The fraction of sp³-hybridized carbons (Fsp3) is 1.00. The van der Waals surface area contributed by atoms with E-state index in [1.807, 2.05) is 0 Å². The van der Waals surface area contributed by atoms with E-state index in [9.17, 15) is 13.0 Å². The van der Waals surface area contributed by atoms with Crippen LogP contribution in [0.5, 0.6) is 0 Å². The van der Waals surface area contributed by atoms with Gasteiger partial charge in [-0.15, -0.1) is 0 Å². The molecule has 94 valence electrons. The highest BCUT2D eigenvalue weighted by Gasteiger charge is 2.47. The van der Waals surface area contributed by atoms with Crippen LogP contribution >= 0.6 is 6.65 Å². The van der Waals surface area contributed by atoms with Crippen LogP contribution in [0.3, 0.4) is 0 Å². The molecule has 0 N–H and O–H groups in total. The van der Waals surface area contributed by atoms with Crippen LogP contribution in [-0.2, 0) is 14.0 Å². The third-order valence-electron chi connectivity index (χ3n) is 3.31. The van der Waals surface area contributed by atoms with Crippen molar-refractivity contribution in [2.75, 3.05) is 32.4 Å². The normalized spacial score (nSPS) is 25.3. The Hall–Kier alpha value is 0.1000. The molecule has 0 aromatic rings. The highest BCUT2D eigenvalue weighted by Crippen LogP contribution is 2.60. The average Bonchev–Trinajstić information content (AvgIpc) is 2.88. The SMILES string of the molecule is CS(=O)(=O)P(=O)(N1CCCC1)N1CCCC1. The molecule has 0 saturated carbocycles. The highest BCUT2D eigenvalue weighted by molar-refractivity contribution is 8.50. The van der Waals surface area contributed by atoms with Gasteiger partial charge in [-0.25, -0.2) is 17.8 Å². The van der Waals surface area contributed by atoms with E-state index in [2.05, 4.69) is 0 Å². The van der Waals surface area contributed by atoms with Gasteiger partial charge < -0.3 is 0 Å². The Kier molecular flexibility index (Phi) is 3.46. The van der Waals surface area contributed by atoms with E-state index in [1.165, 1.54) is 0 Å². The Bertz CT molecular complexity index is 377. The van der Waals surface area contributed by atoms with Crippen LogP contribution in [0.15, 0.2) is 0 Å². The lowest BCUT2D eigenvalue weighted by Gasteiger charge is -2.32. The van der Waals surface area contributed by atoms with E-state index in [4.69, 9.17) is 0 Å². The lowest BCUT2D eigenvalue weighted by Crippen LogP contribution is -2.32. The van der Waals surface area contributed by atoms with Crippen LogP contribution in [0.1, 0.15) is 25.7 Å². The number of rotatable bonds is 3. The van der Waals surface area contributed by atoms with E-state index < -0.39 is 16.1 Å². The molecule has 0 bridgehead atoms. The van der Waals surface area contributed by atoms with E-state index in [0.717, 1.165) is 31.9 Å². The van der Waals surface area contributed by atoms with Crippen molar-refractivity contribution in [3.63, 3.8) is 0 Å². The van der Waals surface area contributed by atoms with Gasteiger partial charge in [0.2, 0.25) is 9.46 Å². The molecule has 2 fully saturated rings. The van der Waals surface area contributed by atoms with Crippen molar-refractivity contribution in [1.82, 2.24) is 9.34 Å². The average molecular weight is 266 g/mol. The molecule has 16 heavy (non-hydrogen) atoms. The maximum Gasteiger partial charge on any atom is 0.327 e. The van der Waals surface area contributed by atoms with Gasteiger partial charge in [-0.1, -0.05) is 0 Å². The van der Waals surface area contributed by atoms with Gasteiger partial charge in [0.25, 0.3) is 0 Å². The van der Waals surface area contributed by atoms with Gasteiger partial charge in [0.1, 0.15) is 0 Å². The van der Waals surface area contributed by atoms with Gasteiger partial charge in [-0.3, -0.25) is 4.57 Å². The number of hydrogen-bond donors (Lipinski definition) is 0. The van der Waals surface area contributed by atoms with Crippen LogP contribution in [0.2, 0.25) is 0 Å². The molecule has 5 nitrogen and oxygen atoms in total. The Morgan fingerprint density at radius 2 is 1.19 bits per heavy atom. The molecule has 0 aromatic carbocycles. The van der Waals surface area contributed by atoms with Gasteiger partial charge in [0, 0.05) is 32.4 Å². The fourth-order valence-corrected chi connectivity index (χ4v) is 8.77. The Labute approximate surface area is 96.9 Å². The van der Waals surface area contributed by atoms with Crippen molar-refractivity contribution >= 4 is 16.1 Å². The maximum atomic E-state index is 12.9. The van der Waals surface area contributed by atoms with Crippen molar-refractivity contribution in [1.29, 1.82) is 0 Å². The zero-order valence-corrected chi connectivity index (χ0v) is 11.3. The van der Waals surface area contributed by atoms with E-state index in [1.54, 1.807) is 9.34 Å². The molecule has 0 spiro atoms. The zero-order valence-electron chi connectivity index (χ0n) is 9.63. The monoisotopic (exact) mass is 266 g/mol. The van der Waals surface area contributed by atoms with Crippen LogP contribution in [0.4, 0.5) is 0 Å². The second kappa shape index (κ2) is 4.41. The lowest BCUT2D eigenvalue weighted by molar-refractivity contribution is 0.406. The summed E-state index contributed by atoms with van der Waals surface area (Å²) in [5.41, 5.74) is 0. The first kappa shape index (κ1) is 12.6. The molecule has 2 heterocycles. The fourth-order valence-electron chi connectivity index (χ4n) is 2.50. The van der Waals surface area contributed by atoms with E-state index >= 15 is 0 Å². The third kappa shape index (κ3) is 1.96. The molecule has 0 aromatic heterocycles. The van der Waals surface area contributed by atoms with Crippen LogP contribution in [-0.4, -0.2) is 50.2 Å². The summed E-state index contributed by atoms with van der Waals surface area (Å²) in [7, 11) is -3.52. The second-order valence-corrected chi connectivity index (χ2v) is 11.5. The van der Waals surface area contributed by atoms with Crippen molar-refractivity contribution in [3.8, 4) is 0 Å². The predicted molar refractivity (Wildman–Crippen MR) is 64.1 cm³/mol. The minimum absolute atomic E-state index is 0.654. The van der Waals surface area contributed by atoms with Gasteiger partial charge in [-0.2, -0.15) is 0 Å². The van der Waals surface area contributed by atoms with Crippen LogP contribution in [0, 0.1) is 0 Å². The molecule has 7 heteroatoms. The first-order valence-electron chi connectivity index (χ1n) is 5.77. The lowest BCUT2D eigenvalue weighted by atomic mass is 10.4. The minimum Gasteiger partial charge on any atom is -0.271 e. The number of nitrogens with zero attached hydrogens (tertiary/aromatic N) is 2. The van der Waals surface area contributed by atoms with Crippen molar-refractivity contribution in [2.24, 2.45) is 0 Å². The molecule has 2 aliphatic rings. The summed E-state index contributed by atoms with van der Waals surface area (Å²) >= 11 is 0. The zero-order chi connectivity index (χ0) is 11.8. The summed E-state index contributed by atoms with van der Waals surface area (Å²) in [6.45, 7) is -0.745. The number of hydrogen-bond acceptors (Lipinski definition) is 3. The molecule has 0 amide bonds. The Balaban J connectivity index is 2.35. The first-order chi connectivity index (χ1) is 7.46. The maximum absolute atomic E-state index is 12.9. The van der Waals surface area contributed by atoms with Crippen LogP contribution < -0.4 is 0 Å². The molecule has 2 aliphatic heterocycles. The van der Waals surface area contributed by atoms with Gasteiger partial charge >= 0.3 is 6.65 Å². The summed E-state index contributed by atoms with van der Waals surface area (Å²) in [6.07, 6.45) is 4.92. The Morgan fingerprint density at radius 3 is 1.44 bits per heavy atom. The van der Waals surface area contributed by atoms with E-state index in [-0.39, 0.29) is 0 Å². The van der Waals surface area contributed by atoms with E-state index in [0.29, 0.717) is 26.2 Å². The third-order valence-corrected chi connectivity index (χ3v) is 10.4. The molecule has 0 atom stereocenters. The smallest absolute Gasteiger partial charge is 0.271 e. The summed E-state index contributed by atoms with van der Waals surface area (Å²) in [6, 6.07) is 0. The topological polar surface area (TPSA) is 57.7 Å². The predicted octanol–water partition coefficient (Wildman–Crippen LogP) is 1.33. The summed E-state index contributed by atoms with van der Waals surface area (Å²) < 4.78 is 40.1. The molecule has 0 unspecified atom stereocenters. The molecule has 0 radical (unpaired) electrons. The van der Waals surface area contributed by atoms with Crippen LogP contribution in [0.25, 0.3) is 0 Å². The van der Waals surface area contributed by atoms with Crippen molar-refractivity contribution < 1.29 is 13.0 Å². The van der Waals surface area contributed by atoms with Gasteiger partial charge in [0.05, 0.1) is 0 Å². The molecule has 2 rings (SSSR count). The summed E-state index contributed by atoms with van der Waals surface area (Å²) in [4.78, 5) is 0. The highest BCUT2D eigenvalue weighted by atomic mass is 32.8. The molecule has 0 aliphatic carbocycles. The first-order valence-corrected chi connectivity index (χ1v) is 9.88. The van der Waals surface area contributed by atoms with Gasteiger partial charge in [-0.05, 0) is 25.7 Å². The van der Waals surface area contributed by atoms with Gasteiger partial charge in [0.15, 0.2) is 0 Å². The largest absolute Gasteiger partial charge is 0.327 e. The minimum atomic E-state index is -3.52. The van der Waals surface area contributed by atoms with Crippen molar-refractivity contribution in [3.05, 3.63) is 0 Å². The molecule has 2 saturated heterocycles.